The minimum absolute atomic E-state index is 0.124. The van der Waals surface area contributed by atoms with E-state index in [9.17, 15) is 9.59 Å². The first kappa shape index (κ1) is 25.8. The van der Waals surface area contributed by atoms with Crippen LogP contribution in [0.25, 0.3) is 11.1 Å². The molecule has 0 aromatic heterocycles. The number of amides is 2. The number of carbonyl (C=O) groups excluding carboxylic acids is 1. The lowest BCUT2D eigenvalue weighted by Gasteiger charge is -2.34. The highest BCUT2D eigenvalue weighted by Crippen LogP contribution is 2.40. The molecular weight excluding hydrogens is 476 g/mol. The van der Waals surface area contributed by atoms with E-state index < -0.39 is 5.97 Å². The van der Waals surface area contributed by atoms with E-state index in [-0.39, 0.29) is 18.6 Å². The fourth-order valence-corrected chi connectivity index (χ4v) is 5.84. The molecule has 38 heavy (non-hydrogen) atoms. The highest BCUT2D eigenvalue weighted by Gasteiger charge is 2.29. The lowest BCUT2D eigenvalue weighted by atomic mass is 9.77. The van der Waals surface area contributed by atoms with Crippen molar-refractivity contribution in [1.82, 2.24) is 0 Å². The molecule has 6 nitrogen and oxygen atoms in total. The maximum Gasteiger partial charge on any atom is 0.326 e. The van der Waals surface area contributed by atoms with Crippen molar-refractivity contribution in [3.8, 4) is 16.9 Å². The number of nitrogens with one attached hydrogen (secondary N) is 1. The highest BCUT2D eigenvalue weighted by molar-refractivity contribution is 6.03. The molecule has 2 aliphatic rings. The van der Waals surface area contributed by atoms with Crippen molar-refractivity contribution in [3.63, 3.8) is 0 Å². The molecule has 1 atom stereocenters. The summed E-state index contributed by atoms with van der Waals surface area (Å²) in [5.41, 5.74) is 7.24. The van der Waals surface area contributed by atoms with Gasteiger partial charge in [-0.05, 0) is 98.7 Å². The topological polar surface area (TPSA) is 78.9 Å². The number of urea groups is 1. The second-order valence-corrected chi connectivity index (χ2v) is 10.9. The Hall–Kier alpha value is -3.80. The van der Waals surface area contributed by atoms with E-state index in [2.05, 4.69) is 35.6 Å². The van der Waals surface area contributed by atoms with Gasteiger partial charge in [-0.3, -0.25) is 9.69 Å². The molecule has 1 heterocycles. The molecule has 1 unspecified atom stereocenters. The summed E-state index contributed by atoms with van der Waals surface area (Å²) in [6.07, 6.45) is 4.21. The Morgan fingerprint density at radius 3 is 2.34 bits per heavy atom. The number of aliphatic carboxylic acids is 1. The fourth-order valence-electron chi connectivity index (χ4n) is 5.84. The summed E-state index contributed by atoms with van der Waals surface area (Å²) < 4.78 is 6.16. The van der Waals surface area contributed by atoms with Gasteiger partial charge in [-0.2, -0.15) is 0 Å². The van der Waals surface area contributed by atoms with Gasteiger partial charge in [-0.1, -0.05) is 48.0 Å². The second kappa shape index (κ2) is 10.9. The van der Waals surface area contributed by atoms with Crippen LogP contribution in [0.2, 0.25) is 0 Å². The molecule has 0 saturated heterocycles. The quantitative estimate of drug-likeness (QED) is 0.370. The molecule has 198 valence electrons. The van der Waals surface area contributed by atoms with Crippen LogP contribution in [-0.2, 0) is 4.79 Å². The Labute approximate surface area is 224 Å². The molecule has 6 heteroatoms. The van der Waals surface area contributed by atoms with Crippen molar-refractivity contribution in [3.05, 3.63) is 77.4 Å². The molecule has 1 aliphatic carbocycles. The summed E-state index contributed by atoms with van der Waals surface area (Å²) in [6, 6.07) is 20.6. The van der Waals surface area contributed by atoms with Gasteiger partial charge in [-0.25, -0.2) is 4.79 Å². The van der Waals surface area contributed by atoms with Crippen LogP contribution in [0.4, 0.5) is 16.2 Å². The Balaban J connectivity index is 1.30. The number of carboxylic acids is 1. The van der Waals surface area contributed by atoms with Crippen molar-refractivity contribution in [1.29, 1.82) is 0 Å². The zero-order valence-electron chi connectivity index (χ0n) is 22.4. The molecule has 1 fully saturated rings. The molecule has 3 aromatic rings. The van der Waals surface area contributed by atoms with Crippen LogP contribution in [0, 0.1) is 19.8 Å². The normalized spacial score (nSPS) is 20.8. The molecule has 2 amide bonds. The summed E-state index contributed by atoms with van der Waals surface area (Å²) in [6.45, 7) is 6.50. The number of benzene rings is 3. The van der Waals surface area contributed by atoms with Gasteiger partial charge in [0.1, 0.15) is 11.9 Å². The number of ether oxygens (including phenoxy) is 1. The van der Waals surface area contributed by atoms with Crippen LogP contribution in [0.3, 0.4) is 0 Å². The van der Waals surface area contributed by atoms with E-state index in [0.29, 0.717) is 24.1 Å². The molecule has 1 saturated carbocycles. The standard InChI is InChI=1S/C32H36N2O4/c1-20-4-14-28(21(2)16-20)33-32(37)34-19-22(3)38-30-18-27(13-15-29(30)34)26-11-9-25(10-12-26)24-7-5-23(6-8-24)17-31(35)36/h4,9-16,18,22-24H,5-8,17,19H2,1-3H3,(H,33,37)(H,35,36). The second-order valence-electron chi connectivity index (χ2n) is 10.9. The molecular formula is C32H36N2O4. The summed E-state index contributed by atoms with van der Waals surface area (Å²) >= 11 is 0. The van der Waals surface area contributed by atoms with Gasteiger partial charge in [-0.15, -0.1) is 0 Å². The van der Waals surface area contributed by atoms with E-state index in [1.165, 1.54) is 5.56 Å². The predicted octanol–water partition coefficient (Wildman–Crippen LogP) is 7.54. The maximum absolute atomic E-state index is 13.3. The largest absolute Gasteiger partial charge is 0.487 e. The third-order valence-electron chi connectivity index (χ3n) is 7.91. The van der Waals surface area contributed by atoms with Gasteiger partial charge in [0.2, 0.25) is 0 Å². The molecule has 5 rings (SSSR count). The van der Waals surface area contributed by atoms with Crippen molar-refractivity contribution in [2.75, 3.05) is 16.8 Å². The SMILES string of the molecule is Cc1ccc(NC(=O)N2CC(C)Oc3cc(-c4ccc(C5CCC(CC(=O)O)CC5)cc4)ccc32)c(C)c1. The first-order chi connectivity index (χ1) is 18.3. The summed E-state index contributed by atoms with van der Waals surface area (Å²) in [4.78, 5) is 26.0. The predicted molar refractivity (Wildman–Crippen MR) is 151 cm³/mol. The van der Waals surface area contributed by atoms with Crippen molar-refractivity contribution in [2.45, 2.75) is 64.9 Å². The Morgan fingerprint density at radius 2 is 1.66 bits per heavy atom. The first-order valence-corrected chi connectivity index (χ1v) is 13.6. The average molecular weight is 513 g/mol. The van der Waals surface area contributed by atoms with Crippen LogP contribution in [-0.4, -0.2) is 29.8 Å². The van der Waals surface area contributed by atoms with Crippen LogP contribution >= 0.6 is 0 Å². The lowest BCUT2D eigenvalue weighted by Crippen LogP contribution is -2.44. The summed E-state index contributed by atoms with van der Waals surface area (Å²) in [5, 5.41) is 12.1. The molecule has 3 aromatic carbocycles. The molecule has 1 aliphatic heterocycles. The van der Waals surface area contributed by atoms with E-state index >= 15 is 0 Å². The van der Waals surface area contributed by atoms with E-state index in [1.807, 2.05) is 51.1 Å². The van der Waals surface area contributed by atoms with Crippen LogP contribution in [0.1, 0.15) is 61.6 Å². The van der Waals surface area contributed by atoms with Gasteiger partial charge in [0.25, 0.3) is 0 Å². The van der Waals surface area contributed by atoms with Crippen molar-refractivity contribution < 1.29 is 19.4 Å². The van der Waals surface area contributed by atoms with Gasteiger partial charge in [0, 0.05) is 12.1 Å². The Bertz CT molecular complexity index is 1330. The van der Waals surface area contributed by atoms with Gasteiger partial charge >= 0.3 is 12.0 Å². The fraction of sp³-hybridized carbons (Fsp3) is 0.375. The van der Waals surface area contributed by atoms with Crippen molar-refractivity contribution >= 4 is 23.4 Å². The monoisotopic (exact) mass is 512 g/mol. The lowest BCUT2D eigenvalue weighted by molar-refractivity contribution is -0.138. The zero-order valence-corrected chi connectivity index (χ0v) is 22.4. The molecule has 2 N–H and O–H groups in total. The molecule has 0 spiro atoms. The number of rotatable bonds is 5. The molecule has 0 radical (unpaired) electrons. The molecule has 0 bridgehead atoms. The number of aryl methyl sites for hydroxylation is 2. The number of nitrogens with zero attached hydrogens (tertiary/aromatic N) is 1. The maximum atomic E-state index is 13.3. The smallest absolute Gasteiger partial charge is 0.326 e. The van der Waals surface area contributed by atoms with Gasteiger partial charge in [0.15, 0.2) is 0 Å². The third-order valence-corrected chi connectivity index (χ3v) is 7.91. The van der Waals surface area contributed by atoms with Crippen LogP contribution in [0.5, 0.6) is 5.75 Å². The average Bonchev–Trinajstić information content (AvgIpc) is 2.89. The highest BCUT2D eigenvalue weighted by atomic mass is 16.5. The number of carboxylic acid groups (broad SMARTS) is 1. The van der Waals surface area contributed by atoms with Gasteiger partial charge in [0.05, 0.1) is 12.2 Å². The number of anilines is 2. The number of hydrogen-bond acceptors (Lipinski definition) is 3. The zero-order chi connectivity index (χ0) is 26.8. The van der Waals surface area contributed by atoms with Crippen molar-refractivity contribution in [2.24, 2.45) is 5.92 Å². The Kier molecular flexibility index (Phi) is 7.41. The summed E-state index contributed by atoms with van der Waals surface area (Å²) in [5.74, 6) is 0.818. The van der Waals surface area contributed by atoms with Gasteiger partial charge < -0.3 is 15.2 Å². The van der Waals surface area contributed by atoms with E-state index in [0.717, 1.165) is 59.3 Å². The number of carbonyl (C=O) groups is 2. The number of fused-ring (bicyclic) bond motifs is 1. The van der Waals surface area contributed by atoms with Crippen LogP contribution in [0.15, 0.2) is 60.7 Å². The third kappa shape index (κ3) is 5.69. The number of hydrogen-bond donors (Lipinski definition) is 2. The minimum Gasteiger partial charge on any atom is -0.487 e. The van der Waals surface area contributed by atoms with E-state index in [4.69, 9.17) is 9.84 Å². The first-order valence-electron chi connectivity index (χ1n) is 13.6. The Morgan fingerprint density at radius 1 is 0.947 bits per heavy atom. The van der Waals surface area contributed by atoms with Crippen LogP contribution < -0.4 is 15.0 Å². The summed E-state index contributed by atoms with van der Waals surface area (Å²) in [7, 11) is 0. The minimum atomic E-state index is -0.689. The van der Waals surface area contributed by atoms with E-state index in [1.54, 1.807) is 4.90 Å².